The average Bonchev–Trinajstić information content (AvgIpc) is 3.32. The molecule has 0 amide bonds. The topological polar surface area (TPSA) is 144 Å². The Labute approximate surface area is 378 Å². The van der Waals surface area contributed by atoms with Gasteiger partial charge < -0.3 is 18.9 Å². The molecular formula is C53H61N5O6. The maximum atomic E-state index is 13.1. The van der Waals surface area contributed by atoms with Crippen LogP contribution in [0, 0.1) is 11.3 Å². The van der Waals surface area contributed by atoms with E-state index in [1.54, 1.807) is 48.5 Å². The molecule has 0 N–H and O–H groups in total. The first-order valence-electron chi connectivity index (χ1n) is 22.9. The zero-order chi connectivity index (χ0) is 45.0. The fourth-order valence-corrected chi connectivity index (χ4v) is 6.70. The number of carbonyl (C=O) groups is 2. The molecule has 0 aliphatic heterocycles. The van der Waals surface area contributed by atoms with Gasteiger partial charge in [0, 0.05) is 6.07 Å². The molecule has 64 heavy (non-hydrogen) atoms. The highest BCUT2D eigenvalue weighted by Crippen LogP contribution is 2.28. The van der Waals surface area contributed by atoms with Crippen molar-refractivity contribution in [3.63, 3.8) is 0 Å². The Morgan fingerprint density at radius 2 is 0.781 bits per heavy atom. The second kappa shape index (κ2) is 28.1. The first-order chi connectivity index (χ1) is 31.4. The highest BCUT2D eigenvalue weighted by molar-refractivity contribution is 5.92. The summed E-state index contributed by atoms with van der Waals surface area (Å²) in [6, 6.07) is 34.0. The first-order valence-corrected chi connectivity index (χ1v) is 22.9. The highest BCUT2D eigenvalue weighted by Gasteiger charge is 2.16. The van der Waals surface area contributed by atoms with E-state index in [9.17, 15) is 14.9 Å². The van der Waals surface area contributed by atoms with E-state index in [1.165, 1.54) is 108 Å². The van der Waals surface area contributed by atoms with Gasteiger partial charge in [-0.2, -0.15) is 25.7 Å². The molecule has 0 saturated carbocycles. The van der Waals surface area contributed by atoms with Crippen LogP contribution in [0.3, 0.4) is 0 Å². The lowest BCUT2D eigenvalue weighted by Gasteiger charge is -2.09. The molecule has 0 aromatic heterocycles. The number of carbonyl (C=O) groups excluding carboxylic acids is 2. The van der Waals surface area contributed by atoms with Gasteiger partial charge in [0.15, 0.2) is 5.75 Å². The Morgan fingerprint density at radius 1 is 0.438 bits per heavy atom. The summed E-state index contributed by atoms with van der Waals surface area (Å²) in [6.07, 6.45) is 20.1. The second-order valence-corrected chi connectivity index (χ2v) is 15.7. The van der Waals surface area contributed by atoms with Crippen LogP contribution in [0.1, 0.15) is 143 Å². The number of rotatable bonds is 28. The second-order valence-electron chi connectivity index (χ2n) is 15.7. The van der Waals surface area contributed by atoms with Crippen LogP contribution < -0.4 is 18.9 Å². The highest BCUT2D eigenvalue weighted by atomic mass is 16.5. The third-order valence-electron chi connectivity index (χ3n) is 10.5. The molecule has 0 heterocycles. The molecule has 11 heteroatoms. The Hall–Kier alpha value is -6.67. The monoisotopic (exact) mass is 863 g/mol. The zero-order valence-electron chi connectivity index (χ0n) is 37.4. The van der Waals surface area contributed by atoms with Gasteiger partial charge in [0.2, 0.25) is 0 Å². The van der Waals surface area contributed by atoms with Crippen LogP contribution in [0.15, 0.2) is 136 Å². The fraction of sp³-hybridized carbons (Fsp3) is 0.377. The van der Waals surface area contributed by atoms with Crippen molar-refractivity contribution in [2.75, 3.05) is 13.2 Å². The molecule has 11 nitrogen and oxygen atoms in total. The molecule has 5 aromatic rings. The number of hydrogen-bond acceptors (Lipinski definition) is 11. The summed E-state index contributed by atoms with van der Waals surface area (Å²) in [5, 5.41) is 26.8. The van der Waals surface area contributed by atoms with Crippen LogP contribution in [0.5, 0.6) is 23.0 Å². The summed E-state index contributed by atoms with van der Waals surface area (Å²) in [7, 11) is 0. The van der Waals surface area contributed by atoms with Gasteiger partial charge in [0.25, 0.3) is 0 Å². The molecule has 0 radical (unpaired) electrons. The molecule has 334 valence electrons. The molecule has 0 fully saturated rings. The number of hydrogen-bond donors (Lipinski definition) is 0. The van der Waals surface area contributed by atoms with Gasteiger partial charge in [-0.3, -0.25) is 0 Å². The van der Waals surface area contributed by atoms with Crippen molar-refractivity contribution in [1.82, 2.24) is 0 Å². The zero-order valence-corrected chi connectivity index (χ0v) is 37.4. The third-order valence-corrected chi connectivity index (χ3v) is 10.5. The van der Waals surface area contributed by atoms with Crippen molar-refractivity contribution in [3.05, 3.63) is 132 Å². The van der Waals surface area contributed by atoms with Crippen LogP contribution >= 0.6 is 0 Å². The number of benzene rings is 5. The van der Waals surface area contributed by atoms with E-state index in [1.807, 2.05) is 54.6 Å². The van der Waals surface area contributed by atoms with Gasteiger partial charge in [-0.25, -0.2) is 9.59 Å². The lowest BCUT2D eigenvalue weighted by atomic mass is 10.1. The van der Waals surface area contributed by atoms with Crippen LogP contribution in [-0.2, 0) is 0 Å². The van der Waals surface area contributed by atoms with Gasteiger partial charge >= 0.3 is 11.9 Å². The first kappa shape index (κ1) is 48.4. The van der Waals surface area contributed by atoms with Gasteiger partial charge in [-0.05, 0) is 122 Å². The van der Waals surface area contributed by atoms with Gasteiger partial charge in [0.05, 0.1) is 52.7 Å². The molecule has 0 aliphatic carbocycles. The SMILES string of the molecule is CCCCCCCCCCOc1ccc(N=Nc2ccc(C(=O)Oc3ccc(C#N)c(OC(=O)c4ccc(N=Nc5ccc(OCCCCCCCCCC)cc5)cc4)c3)cc2)cc1. The Morgan fingerprint density at radius 3 is 1.17 bits per heavy atom. The molecule has 0 aliphatic rings. The van der Waals surface area contributed by atoms with E-state index >= 15 is 0 Å². The van der Waals surface area contributed by atoms with Crippen molar-refractivity contribution in [2.24, 2.45) is 20.5 Å². The molecular weight excluding hydrogens is 803 g/mol. The summed E-state index contributed by atoms with van der Waals surface area (Å²) in [5.41, 5.74) is 3.02. The van der Waals surface area contributed by atoms with E-state index in [-0.39, 0.29) is 28.2 Å². The quantitative estimate of drug-likeness (QED) is 0.0211. The van der Waals surface area contributed by atoms with E-state index in [4.69, 9.17) is 18.9 Å². The molecule has 0 spiro atoms. The molecule has 0 bridgehead atoms. The summed E-state index contributed by atoms with van der Waals surface area (Å²) in [5.74, 6) is 0.302. The largest absolute Gasteiger partial charge is 0.494 e. The van der Waals surface area contributed by atoms with Crippen LogP contribution in [0.25, 0.3) is 0 Å². The predicted octanol–water partition coefficient (Wildman–Crippen LogP) is 15.9. The Balaban J connectivity index is 1.04. The van der Waals surface area contributed by atoms with Gasteiger partial charge in [0.1, 0.15) is 23.3 Å². The van der Waals surface area contributed by atoms with Crippen molar-refractivity contribution < 1.29 is 28.5 Å². The summed E-state index contributed by atoms with van der Waals surface area (Å²) < 4.78 is 22.9. The van der Waals surface area contributed by atoms with Crippen LogP contribution in [0.4, 0.5) is 22.7 Å². The molecule has 0 unspecified atom stereocenters. The number of esters is 2. The Kier molecular flexibility index (Phi) is 21.2. The fourth-order valence-electron chi connectivity index (χ4n) is 6.70. The minimum absolute atomic E-state index is 0.0503. The van der Waals surface area contributed by atoms with E-state index in [0.717, 1.165) is 24.3 Å². The smallest absolute Gasteiger partial charge is 0.343 e. The van der Waals surface area contributed by atoms with Gasteiger partial charge in [-0.1, -0.05) is 104 Å². The molecule has 5 rings (SSSR count). The molecule has 0 atom stereocenters. The molecule has 5 aromatic carbocycles. The summed E-state index contributed by atoms with van der Waals surface area (Å²) >= 11 is 0. The minimum atomic E-state index is -0.700. The summed E-state index contributed by atoms with van der Waals surface area (Å²) in [4.78, 5) is 26.1. The number of nitrogens with zero attached hydrogens (tertiary/aromatic N) is 5. The van der Waals surface area contributed by atoms with Crippen molar-refractivity contribution >= 4 is 34.7 Å². The number of azo groups is 2. The van der Waals surface area contributed by atoms with Gasteiger partial charge in [-0.15, -0.1) is 0 Å². The minimum Gasteiger partial charge on any atom is -0.494 e. The lowest BCUT2D eigenvalue weighted by molar-refractivity contribution is 0.0732. The lowest BCUT2D eigenvalue weighted by Crippen LogP contribution is -2.11. The van der Waals surface area contributed by atoms with Crippen LogP contribution in [-0.4, -0.2) is 25.2 Å². The van der Waals surface area contributed by atoms with E-state index in [2.05, 4.69) is 34.3 Å². The predicted molar refractivity (Wildman–Crippen MR) is 251 cm³/mol. The maximum Gasteiger partial charge on any atom is 0.343 e. The van der Waals surface area contributed by atoms with E-state index < -0.39 is 11.9 Å². The normalized spacial score (nSPS) is 11.1. The summed E-state index contributed by atoms with van der Waals surface area (Å²) in [6.45, 7) is 5.87. The standard InChI is InChI=1S/C53H61N5O6/c1-3-5-7-9-11-13-15-17-37-61-48-33-28-46(29-34-48)57-55-44-24-19-41(20-25-44)52(59)63-50-32-23-43(40-54)51(39-50)64-53(60)42-21-26-45(27-22-42)56-58-47-30-35-49(36-31-47)62-38-18-16-14-12-10-8-6-4-2/h19-36,39H,3-18,37-38H2,1-2H3. The van der Waals surface area contributed by atoms with E-state index in [0.29, 0.717) is 36.0 Å². The third kappa shape index (κ3) is 17.6. The molecule has 0 saturated heterocycles. The van der Waals surface area contributed by atoms with Crippen molar-refractivity contribution in [3.8, 4) is 29.1 Å². The number of nitriles is 1. The maximum absolute atomic E-state index is 13.1. The Bertz CT molecular complexity index is 2250. The van der Waals surface area contributed by atoms with Crippen LogP contribution in [0.2, 0.25) is 0 Å². The number of ether oxygens (including phenoxy) is 4. The van der Waals surface area contributed by atoms with Crippen molar-refractivity contribution in [2.45, 2.75) is 117 Å². The van der Waals surface area contributed by atoms with Crippen molar-refractivity contribution in [1.29, 1.82) is 5.26 Å². The number of unbranched alkanes of at least 4 members (excludes halogenated alkanes) is 14. The average molecular weight is 864 g/mol.